The van der Waals surface area contributed by atoms with Crippen molar-refractivity contribution in [2.24, 2.45) is 0 Å². The number of benzene rings is 4. The molecule has 0 amide bonds. The first-order chi connectivity index (χ1) is 18.4. The van der Waals surface area contributed by atoms with Gasteiger partial charge >= 0.3 is 29.6 Å². The summed E-state index contributed by atoms with van der Waals surface area (Å²) < 4.78 is 44.7. The van der Waals surface area contributed by atoms with E-state index in [2.05, 4.69) is 0 Å². The molecular weight excluding hydrogens is 577 g/mol. The normalized spacial score (nSPS) is 10.7. The Kier molecular flexibility index (Phi) is 13.9. The van der Waals surface area contributed by atoms with Crippen LogP contribution in [-0.4, -0.2) is 31.9 Å². The number of nitrogens with zero attached hydrogens (tertiary/aromatic N) is 3. The minimum Gasteiger partial charge on any atom is -0.768 e. The molecule has 0 N–H and O–H groups in total. The molecule has 4 rings (SSSR count). The van der Waals surface area contributed by atoms with Crippen molar-refractivity contribution in [1.29, 1.82) is 0 Å². The molecule has 0 heterocycles. The molecule has 13 nitrogen and oxygen atoms in total. The third-order valence-electron chi connectivity index (χ3n) is 4.62. The van der Waals surface area contributed by atoms with Crippen LogP contribution in [0.3, 0.4) is 0 Å². The maximum absolute atomic E-state index is 12.1. The molecule has 0 aliphatic rings. The van der Waals surface area contributed by atoms with E-state index in [0.29, 0.717) is 4.90 Å². The van der Waals surface area contributed by atoms with E-state index in [1.807, 2.05) is 0 Å². The topological polar surface area (TPSA) is 204 Å². The molecule has 0 fully saturated rings. The third-order valence-corrected chi connectivity index (χ3v) is 7.06. The number of hydrogen-bond acceptors (Lipinski definition) is 10. The van der Waals surface area contributed by atoms with E-state index in [1.54, 1.807) is 48.5 Å². The van der Waals surface area contributed by atoms with Gasteiger partial charge in [0.1, 0.15) is 0 Å². The van der Waals surface area contributed by atoms with Gasteiger partial charge in [0.2, 0.25) is 9.84 Å². The van der Waals surface area contributed by atoms with Crippen molar-refractivity contribution in [2.75, 3.05) is 0 Å². The van der Waals surface area contributed by atoms with Crippen LogP contribution in [0, 0.1) is 30.3 Å². The molecule has 0 saturated carbocycles. The van der Waals surface area contributed by atoms with Crippen molar-refractivity contribution in [2.45, 2.75) is 14.7 Å². The zero-order chi connectivity index (χ0) is 29.0. The number of hydrogen-bond donors (Lipinski definition) is 0. The van der Waals surface area contributed by atoms with E-state index in [4.69, 9.17) is 0 Å². The number of sulfone groups is 1. The van der Waals surface area contributed by atoms with Gasteiger partial charge in [0.05, 0.1) is 24.6 Å². The SMILES string of the molecule is O=S([O-])c1ccccc1.O=[N+]([O-])c1ccc(S(=O)(=O)c2ccccc2)cc1.O=[N+]([O-])c1ccc([N+](=O)[O-])cc1.[Na+]. The monoisotopic (exact) mass is 595 g/mol. The molecular formula is C24H18N3NaO10S2. The van der Waals surface area contributed by atoms with Gasteiger partial charge < -0.3 is 4.55 Å². The number of nitro benzene ring substituents is 3. The Hall–Kier alpha value is -3.86. The zero-order valence-corrected chi connectivity index (χ0v) is 24.3. The second kappa shape index (κ2) is 16.3. The van der Waals surface area contributed by atoms with E-state index in [0.717, 1.165) is 24.3 Å². The zero-order valence-electron chi connectivity index (χ0n) is 20.6. The molecule has 0 aliphatic carbocycles. The first-order valence-electron chi connectivity index (χ1n) is 10.5. The number of nitro groups is 3. The summed E-state index contributed by atoms with van der Waals surface area (Å²) in [6, 6.07) is 25.4. The van der Waals surface area contributed by atoms with Gasteiger partial charge in [0.25, 0.3) is 17.1 Å². The molecule has 0 spiro atoms. The fraction of sp³-hybridized carbons (Fsp3) is 0. The fourth-order valence-corrected chi connectivity index (χ4v) is 4.37. The van der Waals surface area contributed by atoms with E-state index >= 15 is 0 Å². The quantitative estimate of drug-likeness (QED) is 0.137. The molecule has 202 valence electrons. The number of rotatable bonds is 6. The first kappa shape index (κ1) is 34.2. The standard InChI is InChI=1S/C12H9NO4S.C6H4N2O4.C6H6O2S.Na/c14-13(15)10-6-8-12(9-7-10)18(16,17)11-4-2-1-3-5-11;9-7(10)5-1-2-6(4-3-5)8(11)12;7-9(8)6-4-2-1-3-5-6;/h1-9H;1-4H;1-5H,(H,7,8);/q;;;+1/p-1. The molecule has 40 heavy (non-hydrogen) atoms. The van der Waals surface area contributed by atoms with Crippen molar-refractivity contribution >= 4 is 38.0 Å². The van der Waals surface area contributed by atoms with Crippen LogP contribution < -0.4 is 29.6 Å². The summed E-state index contributed by atoms with van der Waals surface area (Å²) in [6.45, 7) is 0. The van der Waals surface area contributed by atoms with Gasteiger partial charge in [-0.3, -0.25) is 34.6 Å². The summed E-state index contributed by atoms with van der Waals surface area (Å²) in [6.07, 6.45) is 0. The van der Waals surface area contributed by atoms with E-state index < -0.39 is 35.7 Å². The van der Waals surface area contributed by atoms with Gasteiger partial charge in [0, 0.05) is 41.3 Å². The number of non-ortho nitro benzene ring substituents is 3. The largest absolute Gasteiger partial charge is 1.00 e. The van der Waals surface area contributed by atoms with Gasteiger partial charge in [-0.05, 0) is 47.5 Å². The molecule has 0 saturated heterocycles. The molecule has 1 atom stereocenters. The molecule has 4 aromatic rings. The van der Waals surface area contributed by atoms with Gasteiger partial charge in [-0.1, -0.05) is 36.4 Å². The van der Waals surface area contributed by atoms with Crippen molar-refractivity contribution in [3.8, 4) is 0 Å². The first-order valence-corrected chi connectivity index (χ1v) is 13.1. The molecule has 16 heteroatoms. The van der Waals surface area contributed by atoms with Gasteiger partial charge in [-0.25, -0.2) is 8.42 Å². The van der Waals surface area contributed by atoms with Gasteiger partial charge in [-0.15, -0.1) is 0 Å². The second-order valence-corrected chi connectivity index (χ2v) is 10.0. The Morgan fingerprint density at radius 2 is 0.825 bits per heavy atom. The van der Waals surface area contributed by atoms with Gasteiger partial charge in [0.15, 0.2) is 0 Å². The van der Waals surface area contributed by atoms with E-state index in [9.17, 15) is 47.5 Å². The molecule has 0 aliphatic heterocycles. The van der Waals surface area contributed by atoms with Gasteiger partial charge in [-0.2, -0.15) is 0 Å². The molecule has 4 aromatic carbocycles. The van der Waals surface area contributed by atoms with Crippen LogP contribution in [0.1, 0.15) is 0 Å². The summed E-state index contributed by atoms with van der Waals surface area (Å²) in [7, 11) is -3.60. The third kappa shape index (κ3) is 10.4. The van der Waals surface area contributed by atoms with Crippen LogP contribution >= 0.6 is 0 Å². The van der Waals surface area contributed by atoms with Crippen LogP contribution in [0.5, 0.6) is 0 Å². The fourth-order valence-electron chi connectivity index (χ4n) is 2.71. The molecule has 0 aromatic heterocycles. The van der Waals surface area contributed by atoms with Crippen LogP contribution in [0.15, 0.2) is 124 Å². The minimum atomic E-state index is -3.60. The smallest absolute Gasteiger partial charge is 0.768 e. The molecule has 0 radical (unpaired) electrons. The Labute approximate surface area is 252 Å². The summed E-state index contributed by atoms with van der Waals surface area (Å²) in [5, 5.41) is 30.7. The van der Waals surface area contributed by atoms with Crippen molar-refractivity contribution in [3.05, 3.63) is 140 Å². The average Bonchev–Trinajstić information content (AvgIpc) is 2.94. The van der Waals surface area contributed by atoms with Crippen LogP contribution in [0.4, 0.5) is 17.1 Å². The summed E-state index contributed by atoms with van der Waals surface area (Å²) in [5.41, 5.74) is -0.441. The molecule has 1 unspecified atom stereocenters. The summed E-state index contributed by atoms with van der Waals surface area (Å²) in [5.74, 6) is 0. The summed E-state index contributed by atoms with van der Waals surface area (Å²) in [4.78, 5) is 29.5. The maximum Gasteiger partial charge on any atom is 1.00 e. The van der Waals surface area contributed by atoms with E-state index in [1.165, 1.54) is 36.4 Å². The Morgan fingerprint density at radius 1 is 0.525 bits per heavy atom. The van der Waals surface area contributed by atoms with Crippen LogP contribution in [0.2, 0.25) is 0 Å². The Balaban J connectivity index is 0.000000317. The van der Waals surface area contributed by atoms with Crippen LogP contribution in [0.25, 0.3) is 0 Å². The predicted molar refractivity (Wildman–Crippen MR) is 138 cm³/mol. The van der Waals surface area contributed by atoms with E-state index in [-0.39, 0.29) is 56.4 Å². The average molecular weight is 596 g/mol. The predicted octanol–water partition coefficient (Wildman–Crippen LogP) is 1.86. The van der Waals surface area contributed by atoms with Crippen LogP contribution in [-0.2, 0) is 20.9 Å². The Bertz CT molecular complexity index is 1520. The van der Waals surface area contributed by atoms with Crippen molar-refractivity contribution < 1.29 is 61.5 Å². The minimum absolute atomic E-state index is 0. The van der Waals surface area contributed by atoms with Crippen molar-refractivity contribution in [1.82, 2.24) is 0 Å². The van der Waals surface area contributed by atoms with Crippen molar-refractivity contribution in [3.63, 3.8) is 0 Å². The Morgan fingerprint density at radius 3 is 1.12 bits per heavy atom. The second-order valence-electron chi connectivity index (χ2n) is 7.15. The molecule has 0 bridgehead atoms. The maximum atomic E-state index is 12.1. The summed E-state index contributed by atoms with van der Waals surface area (Å²) >= 11 is -2.08.